The molecule has 0 aliphatic carbocycles. The number of hydrogen-bond acceptors (Lipinski definition) is 3. The lowest BCUT2D eigenvalue weighted by molar-refractivity contribution is -0.122. The van der Waals surface area contributed by atoms with Crippen LogP contribution in [0.25, 0.3) is 0 Å². The van der Waals surface area contributed by atoms with Crippen LogP contribution in [0, 0.1) is 0 Å². The van der Waals surface area contributed by atoms with E-state index in [0.717, 1.165) is 0 Å². The molecular weight excluding hydrogens is 190 g/mol. The van der Waals surface area contributed by atoms with Gasteiger partial charge < -0.3 is 11.1 Å². The molecule has 86 valence electrons. The van der Waals surface area contributed by atoms with Crippen molar-refractivity contribution in [2.45, 2.75) is 50.2 Å². The molecule has 1 amide bonds. The largest absolute Gasteiger partial charge is 0.369 e. The van der Waals surface area contributed by atoms with Gasteiger partial charge in [0.05, 0.1) is 6.54 Å². The van der Waals surface area contributed by atoms with Gasteiger partial charge in [0.25, 0.3) is 0 Å². The van der Waals surface area contributed by atoms with E-state index in [1.165, 1.54) is 32.1 Å². The lowest BCUT2D eigenvalue weighted by Gasteiger charge is -2.48. The van der Waals surface area contributed by atoms with Gasteiger partial charge in [0.15, 0.2) is 0 Å². The van der Waals surface area contributed by atoms with Gasteiger partial charge in [-0.25, -0.2) is 0 Å². The Morgan fingerprint density at radius 3 is 2.47 bits per heavy atom. The number of nitrogens with one attached hydrogen (secondary N) is 1. The molecule has 15 heavy (non-hydrogen) atoms. The van der Waals surface area contributed by atoms with Crippen LogP contribution in [0.5, 0.6) is 0 Å². The van der Waals surface area contributed by atoms with Gasteiger partial charge in [0.1, 0.15) is 0 Å². The SMILES string of the molecule is CNC1CC2CCCC(C1)N2CC(N)=O. The highest BCUT2D eigenvalue weighted by molar-refractivity contribution is 5.76. The van der Waals surface area contributed by atoms with Gasteiger partial charge in [0.2, 0.25) is 5.91 Å². The summed E-state index contributed by atoms with van der Waals surface area (Å²) in [4.78, 5) is 13.3. The second-order valence-corrected chi connectivity index (χ2v) is 4.83. The number of nitrogens with zero attached hydrogens (tertiary/aromatic N) is 1. The zero-order valence-corrected chi connectivity index (χ0v) is 9.41. The number of fused-ring (bicyclic) bond motifs is 2. The first kappa shape index (κ1) is 10.9. The first-order valence-corrected chi connectivity index (χ1v) is 5.92. The lowest BCUT2D eigenvalue weighted by atomic mass is 9.82. The summed E-state index contributed by atoms with van der Waals surface area (Å²) in [5.41, 5.74) is 5.30. The zero-order valence-electron chi connectivity index (χ0n) is 9.41. The summed E-state index contributed by atoms with van der Waals surface area (Å²) in [5, 5.41) is 3.36. The van der Waals surface area contributed by atoms with E-state index in [2.05, 4.69) is 10.2 Å². The highest BCUT2D eigenvalue weighted by Crippen LogP contribution is 2.33. The lowest BCUT2D eigenvalue weighted by Crippen LogP contribution is -2.57. The number of carbonyl (C=O) groups is 1. The topological polar surface area (TPSA) is 58.4 Å². The van der Waals surface area contributed by atoms with Crippen molar-refractivity contribution in [1.29, 1.82) is 0 Å². The molecule has 3 N–H and O–H groups in total. The maximum atomic E-state index is 11.0. The summed E-state index contributed by atoms with van der Waals surface area (Å²) in [6, 6.07) is 1.77. The Labute approximate surface area is 91.2 Å². The molecule has 2 bridgehead atoms. The number of primary amides is 1. The van der Waals surface area contributed by atoms with Crippen LogP contribution < -0.4 is 11.1 Å². The molecule has 0 spiro atoms. The van der Waals surface area contributed by atoms with Crippen molar-refractivity contribution in [2.75, 3.05) is 13.6 Å². The maximum Gasteiger partial charge on any atom is 0.231 e. The second kappa shape index (κ2) is 4.49. The first-order valence-electron chi connectivity index (χ1n) is 5.92. The van der Waals surface area contributed by atoms with Crippen molar-refractivity contribution in [1.82, 2.24) is 10.2 Å². The van der Waals surface area contributed by atoms with E-state index < -0.39 is 0 Å². The van der Waals surface area contributed by atoms with E-state index in [-0.39, 0.29) is 5.91 Å². The fourth-order valence-electron chi connectivity index (χ4n) is 3.15. The van der Waals surface area contributed by atoms with Gasteiger partial charge in [-0.3, -0.25) is 9.69 Å². The summed E-state index contributed by atoms with van der Waals surface area (Å²) in [7, 11) is 2.03. The minimum Gasteiger partial charge on any atom is -0.369 e. The van der Waals surface area contributed by atoms with Crippen molar-refractivity contribution in [3.05, 3.63) is 0 Å². The first-order chi connectivity index (χ1) is 7.20. The molecule has 2 saturated heterocycles. The number of rotatable bonds is 3. The molecular formula is C11H21N3O. The third kappa shape index (κ3) is 2.32. The molecule has 2 unspecified atom stereocenters. The monoisotopic (exact) mass is 211 g/mol. The Kier molecular flexibility index (Phi) is 3.26. The molecule has 0 aromatic rings. The zero-order chi connectivity index (χ0) is 10.8. The molecule has 0 aromatic heterocycles. The van der Waals surface area contributed by atoms with Crippen LogP contribution in [-0.4, -0.2) is 42.5 Å². The Balaban J connectivity index is 2.03. The minimum absolute atomic E-state index is 0.185. The van der Waals surface area contributed by atoms with Crippen molar-refractivity contribution < 1.29 is 4.79 Å². The number of piperidine rings is 2. The van der Waals surface area contributed by atoms with Gasteiger partial charge in [0, 0.05) is 18.1 Å². The smallest absolute Gasteiger partial charge is 0.231 e. The number of hydrogen-bond donors (Lipinski definition) is 2. The highest BCUT2D eigenvalue weighted by Gasteiger charge is 2.37. The van der Waals surface area contributed by atoms with Gasteiger partial charge in [-0.05, 0) is 32.7 Å². The van der Waals surface area contributed by atoms with E-state index in [9.17, 15) is 4.79 Å². The molecule has 2 rings (SSSR count). The van der Waals surface area contributed by atoms with Gasteiger partial charge in [-0.15, -0.1) is 0 Å². The van der Waals surface area contributed by atoms with Gasteiger partial charge >= 0.3 is 0 Å². The normalized spacial score (nSPS) is 36.5. The van der Waals surface area contributed by atoms with Crippen LogP contribution in [0.2, 0.25) is 0 Å². The standard InChI is InChI=1S/C11H21N3O/c1-13-8-5-9-3-2-4-10(6-8)14(9)7-11(12)15/h8-10,13H,2-7H2,1H3,(H2,12,15). The van der Waals surface area contributed by atoms with E-state index in [0.29, 0.717) is 24.7 Å². The van der Waals surface area contributed by atoms with Crippen LogP contribution in [-0.2, 0) is 4.79 Å². The molecule has 4 heteroatoms. The third-order valence-corrected chi connectivity index (χ3v) is 3.87. The molecule has 2 fully saturated rings. The summed E-state index contributed by atoms with van der Waals surface area (Å²) < 4.78 is 0. The Bertz CT molecular complexity index is 230. The van der Waals surface area contributed by atoms with Gasteiger partial charge in [-0.1, -0.05) is 6.42 Å². The van der Waals surface area contributed by atoms with Crippen molar-refractivity contribution in [3.63, 3.8) is 0 Å². The van der Waals surface area contributed by atoms with E-state index in [4.69, 9.17) is 5.73 Å². The van der Waals surface area contributed by atoms with Crippen LogP contribution in [0.3, 0.4) is 0 Å². The van der Waals surface area contributed by atoms with E-state index in [1.54, 1.807) is 0 Å². The number of carbonyl (C=O) groups excluding carboxylic acids is 1. The Hall–Kier alpha value is -0.610. The molecule has 0 aromatic carbocycles. The molecule has 0 radical (unpaired) electrons. The Morgan fingerprint density at radius 2 is 2.00 bits per heavy atom. The highest BCUT2D eigenvalue weighted by atomic mass is 16.1. The molecule has 4 nitrogen and oxygen atoms in total. The molecule has 2 aliphatic heterocycles. The molecule has 2 heterocycles. The number of nitrogens with two attached hydrogens (primary N) is 1. The van der Waals surface area contributed by atoms with Crippen molar-refractivity contribution in [2.24, 2.45) is 5.73 Å². The summed E-state index contributed by atoms with van der Waals surface area (Å²) >= 11 is 0. The van der Waals surface area contributed by atoms with Gasteiger partial charge in [-0.2, -0.15) is 0 Å². The maximum absolute atomic E-state index is 11.0. The molecule has 0 saturated carbocycles. The predicted molar refractivity (Wildman–Crippen MR) is 59.4 cm³/mol. The second-order valence-electron chi connectivity index (χ2n) is 4.83. The van der Waals surface area contributed by atoms with E-state index >= 15 is 0 Å². The third-order valence-electron chi connectivity index (χ3n) is 3.87. The van der Waals surface area contributed by atoms with Crippen molar-refractivity contribution >= 4 is 5.91 Å². The predicted octanol–water partition coefficient (Wildman–Crippen LogP) is 0.0766. The average molecular weight is 211 g/mol. The summed E-state index contributed by atoms with van der Waals surface area (Å²) in [5.74, 6) is -0.185. The van der Waals surface area contributed by atoms with Crippen LogP contribution in [0.4, 0.5) is 0 Å². The van der Waals surface area contributed by atoms with Crippen LogP contribution in [0.15, 0.2) is 0 Å². The van der Waals surface area contributed by atoms with Crippen LogP contribution >= 0.6 is 0 Å². The summed E-state index contributed by atoms with van der Waals surface area (Å²) in [6.07, 6.45) is 6.09. The molecule has 2 atom stereocenters. The summed E-state index contributed by atoms with van der Waals surface area (Å²) in [6.45, 7) is 0.450. The minimum atomic E-state index is -0.185. The average Bonchev–Trinajstić information content (AvgIpc) is 2.16. The fraction of sp³-hybridized carbons (Fsp3) is 0.909. The van der Waals surface area contributed by atoms with Crippen LogP contribution in [0.1, 0.15) is 32.1 Å². The Morgan fingerprint density at radius 1 is 1.40 bits per heavy atom. The molecule has 2 aliphatic rings. The fourth-order valence-corrected chi connectivity index (χ4v) is 3.15. The van der Waals surface area contributed by atoms with E-state index in [1.807, 2.05) is 7.05 Å². The van der Waals surface area contributed by atoms with Crippen molar-refractivity contribution in [3.8, 4) is 0 Å². The quantitative estimate of drug-likeness (QED) is 0.695. The number of amides is 1.